The monoisotopic (exact) mass is 415 g/mol. The van der Waals surface area contributed by atoms with Crippen LogP contribution < -0.4 is 5.32 Å². The van der Waals surface area contributed by atoms with Crippen LogP contribution in [0.5, 0.6) is 0 Å². The molecule has 2 heterocycles. The molecule has 1 aliphatic carbocycles. The predicted octanol–water partition coefficient (Wildman–Crippen LogP) is 2.49. The van der Waals surface area contributed by atoms with Gasteiger partial charge in [0.1, 0.15) is 0 Å². The maximum absolute atomic E-state index is 13.7. The van der Waals surface area contributed by atoms with Crippen molar-refractivity contribution in [3.63, 3.8) is 0 Å². The van der Waals surface area contributed by atoms with Gasteiger partial charge >= 0.3 is 0 Å². The summed E-state index contributed by atoms with van der Waals surface area (Å²) in [5.41, 5.74) is 3.34. The lowest BCUT2D eigenvalue weighted by Crippen LogP contribution is -2.38. The summed E-state index contributed by atoms with van der Waals surface area (Å²) in [6.45, 7) is 2.99. The van der Waals surface area contributed by atoms with Gasteiger partial charge in [0.15, 0.2) is 5.78 Å². The molecule has 1 saturated heterocycles. The van der Waals surface area contributed by atoms with Gasteiger partial charge in [0.25, 0.3) is 0 Å². The van der Waals surface area contributed by atoms with Crippen molar-refractivity contribution >= 4 is 17.6 Å². The maximum atomic E-state index is 13.7. The Bertz CT molecular complexity index is 955. The number of hydrogen-bond donors (Lipinski definition) is 1. The van der Waals surface area contributed by atoms with Crippen molar-refractivity contribution in [2.45, 2.75) is 57.7 Å². The second-order valence-electron chi connectivity index (χ2n) is 8.67. The van der Waals surface area contributed by atoms with E-state index in [0.717, 1.165) is 16.7 Å². The molecule has 2 aliphatic heterocycles. The van der Waals surface area contributed by atoms with Crippen LogP contribution in [-0.2, 0) is 27.5 Å². The van der Waals surface area contributed by atoms with E-state index in [4.69, 9.17) is 5.26 Å². The van der Waals surface area contributed by atoms with Crippen LogP contribution in [0.15, 0.2) is 18.2 Å². The Labute approximate surface area is 173 Å². The Balaban J connectivity index is 1.38. The summed E-state index contributed by atoms with van der Waals surface area (Å²) in [5.74, 6) is -6.93. The first-order valence-electron chi connectivity index (χ1n) is 10.1. The molecule has 8 heteroatoms. The van der Waals surface area contributed by atoms with Crippen LogP contribution in [0.2, 0.25) is 0 Å². The number of fused-ring (bicyclic) bond motifs is 1. The van der Waals surface area contributed by atoms with Gasteiger partial charge < -0.3 is 10.2 Å². The van der Waals surface area contributed by atoms with E-state index in [1.807, 2.05) is 25.1 Å². The number of rotatable bonds is 4. The molecule has 1 aromatic rings. The summed E-state index contributed by atoms with van der Waals surface area (Å²) in [4.78, 5) is 39.5. The van der Waals surface area contributed by atoms with Crippen molar-refractivity contribution in [3.8, 4) is 6.07 Å². The normalized spacial score (nSPS) is 29.4. The molecule has 2 fully saturated rings. The minimum absolute atomic E-state index is 0.0227. The number of ketones is 1. The molecule has 158 valence electrons. The number of Topliss-reactive ketones (excluding diaryl/α,β-unsaturated/α-hetero) is 1. The van der Waals surface area contributed by atoms with Crippen molar-refractivity contribution in [2.75, 3.05) is 0 Å². The van der Waals surface area contributed by atoms with E-state index < -0.39 is 54.3 Å². The standard InChI is InChI=1S/C22H23F2N3O3/c1-12-3-2-4-13-10-27(11-17(12)13)19(28)6-14-5-18(26-21(14)30)20(29)16-8-22(23,24)7-15(16)9-25/h2-4,14-16,18H,5-8,10-11H2,1H3,(H,26,30)/t14-,15-,16?,18?/m0/s1. The van der Waals surface area contributed by atoms with Crippen molar-refractivity contribution in [1.29, 1.82) is 5.26 Å². The average Bonchev–Trinajstić information content (AvgIpc) is 3.37. The number of nitrogens with zero attached hydrogens (tertiary/aromatic N) is 2. The second-order valence-corrected chi connectivity index (χ2v) is 8.67. The Kier molecular flexibility index (Phi) is 5.08. The topological polar surface area (TPSA) is 90.3 Å². The third-order valence-electron chi connectivity index (χ3n) is 6.60. The molecule has 4 atom stereocenters. The fraction of sp³-hybridized carbons (Fsp3) is 0.545. The van der Waals surface area contributed by atoms with E-state index in [9.17, 15) is 23.2 Å². The third kappa shape index (κ3) is 3.69. The second kappa shape index (κ2) is 7.46. The van der Waals surface area contributed by atoms with E-state index in [1.54, 1.807) is 11.0 Å². The van der Waals surface area contributed by atoms with Gasteiger partial charge in [-0.05, 0) is 30.0 Å². The lowest BCUT2D eigenvalue weighted by molar-refractivity contribution is -0.135. The van der Waals surface area contributed by atoms with E-state index in [2.05, 4.69) is 5.32 Å². The molecule has 0 aromatic heterocycles. The van der Waals surface area contributed by atoms with Gasteiger partial charge in [-0.3, -0.25) is 14.4 Å². The lowest BCUT2D eigenvalue weighted by Gasteiger charge is -2.18. The number of benzene rings is 1. The zero-order chi connectivity index (χ0) is 21.6. The van der Waals surface area contributed by atoms with Crippen LogP contribution in [-0.4, -0.2) is 34.5 Å². The van der Waals surface area contributed by atoms with Crippen LogP contribution in [0.1, 0.15) is 42.4 Å². The summed E-state index contributed by atoms with van der Waals surface area (Å²) in [6, 6.07) is 6.82. The largest absolute Gasteiger partial charge is 0.346 e. The quantitative estimate of drug-likeness (QED) is 0.818. The van der Waals surface area contributed by atoms with Crippen LogP contribution in [0.4, 0.5) is 8.78 Å². The number of carbonyl (C=O) groups is 3. The number of hydrogen-bond acceptors (Lipinski definition) is 4. The predicted molar refractivity (Wildman–Crippen MR) is 102 cm³/mol. The van der Waals surface area contributed by atoms with Crippen molar-refractivity contribution in [2.24, 2.45) is 17.8 Å². The SMILES string of the molecule is Cc1cccc2c1CN(C(=O)C[C@@H]1CC(C(=O)C3CC(F)(F)C[C@H]3C#N)NC1=O)C2. The molecule has 30 heavy (non-hydrogen) atoms. The number of nitriles is 1. The minimum Gasteiger partial charge on any atom is -0.346 e. The first-order valence-corrected chi connectivity index (χ1v) is 10.1. The van der Waals surface area contributed by atoms with Crippen LogP contribution >= 0.6 is 0 Å². The van der Waals surface area contributed by atoms with Gasteiger partial charge in [0, 0.05) is 44.2 Å². The lowest BCUT2D eigenvalue weighted by atomic mass is 9.87. The molecular weight excluding hydrogens is 392 g/mol. The third-order valence-corrected chi connectivity index (χ3v) is 6.60. The molecule has 1 N–H and O–H groups in total. The molecule has 0 radical (unpaired) electrons. The van der Waals surface area contributed by atoms with Gasteiger partial charge in [-0.15, -0.1) is 0 Å². The zero-order valence-corrected chi connectivity index (χ0v) is 16.7. The van der Waals surface area contributed by atoms with Crippen LogP contribution in [0, 0.1) is 36.0 Å². The van der Waals surface area contributed by atoms with Crippen molar-refractivity contribution in [1.82, 2.24) is 10.2 Å². The molecule has 1 saturated carbocycles. The number of halogens is 2. The van der Waals surface area contributed by atoms with Gasteiger partial charge in [-0.1, -0.05) is 18.2 Å². The molecule has 2 amide bonds. The highest BCUT2D eigenvalue weighted by Gasteiger charge is 2.52. The summed E-state index contributed by atoms with van der Waals surface area (Å²) in [5, 5.41) is 11.7. The first-order chi connectivity index (χ1) is 14.2. The van der Waals surface area contributed by atoms with E-state index in [1.165, 1.54) is 0 Å². The van der Waals surface area contributed by atoms with Gasteiger partial charge in [-0.25, -0.2) is 8.78 Å². The fourth-order valence-corrected chi connectivity index (χ4v) is 4.91. The zero-order valence-electron chi connectivity index (χ0n) is 16.7. The van der Waals surface area contributed by atoms with Gasteiger partial charge in [0.05, 0.1) is 18.0 Å². The Morgan fingerprint density at radius 2 is 2.07 bits per heavy atom. The number of amides is 2. The number of nitrogens with one attached hydrogen (secondary N) is 1. The van der Waals surface area contributed by atoms with Crippen LogP contribution in [0.3, 0.4) is 0 Å². The maximum Gasteiger partial charge on any atom is 0.250 e. The highest BCUT2D eigenvalue weighted by Crippen LogP contribution is 2.44. The Morgan fingerprint density at radius 1 is 1.30 bits per heavy atom. The van der Waals surface area contributed by atoms with Crippen LogP contribution in [0.25, 0.3) is 0 Å². The van der Waals surface area contributed by atoms with E-state index >= 15 is 0 Å². The summed E-state index contributed by atoms with van der Waals surface area (Å²) in [6.07, 6.45) is -1.21. The molecule has 0 bridgehead atoms. The van der Waals surface area contributed by atoms with E-state index in [0.29, 0.717) is 13.1 Å². The minimum atomic E-state index is -3.04. The summed E-state index contributed by atoms with van der Waals surface area (Å²) in [7, 11) is 0. The van der Waals surface area contributed by atoms with Gasteiger partial charge in [0.2, 0.25) is 17.7 Å². The molecule has 2 unspecified atom stereocenters. The first kappa shape index (κ1) is 20.5. The summed E-state index contributed by atoms with van der Waals surface area (Å²) >= 11 is 0. The number of carbonyl (C=O) groups excluding carboxylic acids is 3. The molecule has 0 spiro atoms. The molecule has 4 rings (SSSR count). The number of alkyl halides is 2. The molecule has 6 nitrogen and oxygen atoms in total. The highest BCUT2D eigenvalue weighted by molar-refractivity contribution is 5.96. The number of aryl methyl sites for hydroxylation is 1. The molecular formula is C22H23F2N3O3. The Hall–Kier alpha value is -2.82. The van der Waals surface area contributed by atoms with E-state index in [-0.39, 0.29) is 18.7 Å². The van der Waals surface area contributed by atoms with Crippen molar-refractivity contribution in [3.05, 3.63) is 34.9 Å². The molecule has 3 aliphatic rings. The summed E-state index contributed by atoms with van der Waals surface area (Å²) < 4.78 is 27.4. The fourth-order valence-electron chi connectivity index (χ4n) is 4.91. The Morgan fingerprint density at radius 3 is 2.77 bits per heavy atom. The highest BCUT2D eigenvalue weighted by atomic mass is 19.3. The van der Waals surface area contributed by atoms with Crippen molar-refractivity contribution < 1.29 is 23.2 Å². The smallest absolute Gasteiger partial charge is 0.250 e. The van der Waals surface area contributed by atoms with Gasteiger partial charge in [-0.2, -0.15) is 5.26 Å². The average molecular weight is 415 g/mol. The molecule has 1 aromatic carbocycles.